The molecule has 3 aromatic rings. The van der Waals surface area contributed by atoms with Gasteiger partial charge in [0, 0.05) is 11.8 Å². The van der Waals surface area contributed by atoms with Gasteiger partial charge in [0.25, 0.3) is 0 Å². The highest BCUT2D eigenvalue weighted by atomic mass is 19.2. The molecule has 4 nitrogen and oxygen atoms in total. The van der Waals surface area contributed by atoms with Crippen LogP contribution in [0.3, 0.4) is 0 Å². The molecule has 24 heavy (non-hydrogen) atoms. The van der Waals surface area contributed by atoms with Gasteiger partial charge in [-0.3, -0.25) is 0 Å². The smallest absolute Gasteiger partial charge is 0.186 e. The van der Waals surface area contributed by atoms with Gasteiger partial charge in [-0.15, -0.1) is 0 Å². The summed E-state index contributed by atoms with van der Waals surface area (Å²) in [4.78, 5) is 7.39. The summed E-state index contributed by atoms with van der Waals surface area (Å²) >= 11 is 0. The summed E-state index contributed by atoms with van der Waals surface area (Å²) in [5.41, 5.74) is -0.992. The van der Waals surface area contributed by atoms with Crippen molar-refractivity contribution in [3.05, 3.63) is 53.5 Å². The van der Waals surface area contributed by atoms with Crippen molar-refractivity contribution in [3.8, 4) is 5.75 Å². The van der Waals surface area contributed by atoms with Gasteiger partial charge in [0.1, 0.15) is 17.5 Å². The number of nitrogens with zero attached hydrogens (tertiary/aromatic N) is 2. The molecule has 1 aromatic heterocycles. The number of halogens is 4. The van der Waals surface area contributed by atoms with E-state index < -0.39 is 29.0 Å². The fraction of sp³-hybridized carbons (Fsp3) is 0.125. The fourth-order valence-corrected chi connectivity index (χ4v) is 2.34. The average molecular weight is 337 g/mol. The van der Waals surface area contributed by atoms with E-state index in [2.05, 4.69) is 15.3 Å². The molecule has 0 radical (unpaired) electrons. The van der Waals surface area contributed by atoms with Gasteiger partial charge in [-0.25, -0.2) is 27.5 Å². The quantitative estimate of drug-likeness (QED) is 0.573. The van der Waals surface area contributed by atoms with Crippen LogP contribution in [0.2, 0.25) is 0 Å². The second kappa shape index (κ2) is 5.95. The normalized spacial score (nSPS) is 10.9. The number of benzene rings is 2. The van der Waals surface area contributed by atoms with Gasteiger partial charge in [0.2, 0.25) is 0 Å². The molecule has 0 spiro atoms. The molecule has 8 heteroatoms. The molecule has 0 aliphatic rings. The molecule has 2 aromatic carbocycles. The van der Waals surface area contributed by atoms with E-state index in [4.69, 9.17) is 4.74 Å². The van der Waals surface area contributed by atoms with Crippen molar-refractivity contribution >= 4 is 22.3 Å². The predicted octanol–water partition coefficient (Wildman–Crippen LogP) is 4.25. The molecule has 124 valence electrons. The number of methoxy groups -OCH3 is 1. The number of fused-ring (bicyclic) bond motifs is 1. The van der Waals surface area contributed by atoms with Crippen LogP contribution in [0.15, 0.2) is 24.5 Å². The molecule has 1 heterocycles. The monoisotopic (exact) mass is 337 g/mol. The van der Waals surface area contributed by atoms with Crippen LogP contribution >= 0.6 is 0 Å². The Bertz CT molecular complexity index is 946. The van der Waals surface area contributed by atoms with E-state index in [1.165, 1.54) is 26.2 Å². The lowest BCUT2D eigenvalue weighted by Crippen LogP contribution is -2.05. The minimum absolute atomic E-state index is 0.0237. The Morgan fingerprint density at radius 2 is 1.75 bits per heavy atom. The standard InChI is InChI=1S/C16H11F4N3O/c1-7-11-12(18)13(19)16(14(20)15(11)22-6-21-7)23-8-3-4-10(24-2)9(17)5-8/h3-6,23H,1-2H3. The molecule has 0 saturated carbocycles. The topological polar surface area (TPSA) is 47.0 Å². The molecule has 1 N–H and O–H groups in total. The van der Waals surface area contributed by atoms with Gasteiger partial charge in [-0.05, 0) is 19.1 Å². The number of anilines is 2. The van der Waals surface area contributed by atoms with Crippen LogP contribution in [0, 0.1) is 30.2 Å². The molecule has 0 atom stereocenters. The average Bonchev–Trinajstić information content (AvgIpc) is 2.56. The third kappa shape index (κ3) is 2.49. The van der Waals surface area contributed by atoms with Gasteiger partial charge in [0.05, 0.1) is 18.2 Å². The Morgan fingerprint density at radius 3 is 2.42 bits per heavy atom. The Labute approximate surface area is 134 Å². The van der Waals surface area contributed by atoms with Gasteiger partial charge in [-0.2, -0.15) is 0 Å². The number of aromatic nitrogens is 2. The minimum Gasteiger partial charge on any atom is -0.494 e. The molecular formula is C16H11F4N3O. The summed E-state index contributed by atoms with van der Waals surface area (Å²) in [5.74, 6) is -4.57. The zero-order chi connectivity index (χ0) is 17.4. The maximum absolute atomic E-state index is 14.5. The molecule has 0 aliphatic carbocycles. The first-order chi connectivity index (χ1) is 11.4. The molecule has 0 amide bonds. The predicted molar refractivity (Wildman–Crippen MR) is 80.4 cm³/mol. The van der Waals surface area contributed by atoms with Gasteiger partial charge in [-0.1, -0.05) is 0 Å². The molecule has 0 unspecified atom stereocenters. The number of aryl methyl sites for hydroxylation is 1. The van der Waals surface area contributed by atoms with Crippen molar-refractivity contribution in [2.24, 2.45) is 0 Å². The first-order valence-electron chi connectivity index (χ1n) is 6.82. The van der Waals surface area contributed by atoms with Crippen molar-refractivity contribution in [3.63, 3.8) is 0 Å². The molecule has 0 fully saturated rings. The van der Waals surface area contributed by atoms with Crippen LogP contribution < -0.4 is 10.1 Å². The zero-order valence-electron chi connectivity index (χ0n) is 12.6. The summed E-state index contributed by atoms with van der Waals surface area (Å²) in [6.07, 6.45) is 1.05. The van der Waals surface area contributed by atoms with Crippen LogP contribution in [0.1, 0.15) is 5.69 Å². The highest BCUT2D eigenvalue weighted by Gasteiger charge is 2.23. The van der Waals surface area contributed by atoms with E-state index >= 15 is 0 Å². The second-order valence-corrected chi connectivity index (χ2v) is 4.97. The first kappa shape index (κ1) is 16.0. The highest BCUT2D eigenvalue weighted by Crippen LogP contribution is 2.33. The van der Waals surface area contributed by atoms with E-state index in [9.17, 15) is 17.6 Å². The number of hydrogen-bond acceptors (Lipinski definition) is 4. The third-order valence-corrected chi connectivity index (χ3v) is 3.52. The van der Waals surface area contributed by atoms with E-state index in [-0.39, 0.29) is 28.0 Å². The number of nitrogens with one attached hydrogen (secondary N) is 1. The first-order valence-corrected chi connectivity index (χ1v) is 6.82. The van der Waals surface area contributed by atoms with Crippen LogP contribution in [-0.4, -0.2) is 17.1 Å². The maximum atomic E-state index is 14.5. The van der Waals surface area contributed by atoms with Crippen molar-refractivity contribution in [1.82, 2.24) is 9.97 Å². The van der Waals surface area contributed by atoms with Gasteiger partial charge in [0.15, 0.2) is 29.0 Å². The van der Waals surface area contributed by atoms with Crippen molar-refractivity contribution in [1.29, 1.82) is 0 Å². The van der Waals surface area contributed by atoms with Crippen molar-refractivity contribution in [2.45, 2.75) is 6.92 Å². The molecule has 0 bridgehead atoms. The maximum Gasteiger partial charge on any atom is 0.186 e. The van der Waals surface area contributed by atoms with Crippen LogP contribution in [0.5, 0.6) is 5.75 Å². The van der Waals surface area contributed by atoms with E-state index in [1.54, 1.807) is 0 Å². The van der Waals surface area contributed by atoms with E-state index in [1.807, 2.05) is 0 Å². The lowest BCUT2D eigenvalue weighted by molar-refractivity contribution is 0.386. The van der Waals surface area contributed by atoms with E-state index in [0.29, 0.717) is 0 Å². The Morgan fingerprint density at radius 1 is 1.00 bits per heavy atom. The minimum atomic E-state index is -1.44. The largest absolute Gasteiger partial charge is 0.494 e. The lowest BCUT2D eigenvalue weighted by atomic mass is 10.1. The highest BCUT2D eigenvalue weighted by molar-refractivity contribution is 5.86. The van der Waals surface area contributed by atoms with E-state index in [0.717, 1.165) is 12.4 Å². The van der Waals surface area contributed by atoms with Crippen LogP contribution in [0.4, 0.5) is 28.9 Å². The van der Waals surface area contributed by atoms with Gasteiger partial charge >= 0.3 is 0 Å². The lowest BCUT2D eigenvalue weighted by Gasteiger charge is -2.13. The van der Waals surface area contributed by atoms with Crippen LogP contribution in [-0.2, 0) is 0 Å². The second-order valence-electron chi connectivity index (χ2n) is 4.97. The number of rotatable bonds is 3. The summed E-state index contributed by atoms with van der Waals surface area (Å²) < 4.78 is 61.5. The number of hydrogen-bond donors (Lipinski definition) is 1. The summed E-state index contributed by atoms with van der Waals surface area (Å²) in [6, 6.07) is 3.59. The zero-order valence-corrected chi connectivity index (χ0v) is 12.6. The van der Waals surface area contributed by atoms with Crippen molar-refractivity contribution < 1.29 is 22.3 Å². The SMILES string of the molecule is COc1ccc(Nc2c(F)c(F)c3c(C)ncnc3c2F)cc1F. The Kier molecular flexibility index (Phi) is 3.96. The van der Waals surface area contributed by atoms with Crippen LogP contribution in [0.25, 0.3) is 10.9 Å². The van der Waals surface area contributed by atoms with Crippen molar-refractivity contribution in [2.75, 3.05) is 12.4 Å². The molecular weight excluding hydrogens is 326 g/mol. The third-order valence-electron chi connectivity index (χ3n) is 3.52. The fourth-order valence-electron chi connectivity index (χ4n) is 2.34. The Hall–Kier alpha value is -2.90. The molecule has 0 aliphatic heterocycles. The summed E-state index contributed by atoms with van der Waals surface area (Å²) in [5, 5.41) is 2.00. The molecule has 0 saturated heterocycles. The van der Waals surface area contributed by atoms with Gasteiger partial charge < -0.3 is 10.1 Å². The Balaban J connectivity index is 2.15. The number of ether oxygens (including phenoxy) is 1. The summed E-state index contributed by atoms with van der Waals surface area (Å²) in [6.45, 7) is 1.41. The summed E-state index contributed by atoms with van der Waals surface area (Å²) in [7, 11) is 1.28. The molecule has 3 rings (SSSR count).